The van der Waals surface area contributed by atoms with Gasteiger partial charge in [-0.15, -0.1) is 0 Å². The number of amides is 1. The highest BCUT2D eigenvalue weighted by Crippen LogP contribution is 2.22. The minimum atomic E-state index is -0.228. The zero-order chi connectivity index (χ0) is 13.8. The molecule has 19 heavy (non-hydrogen) atoms. The van der Waals surface area contributed by atoms with E-state index >= 15 is 0 Å². The van der Waals surface area contributed by atoms with Crippen LogP contribution in [0.1, 0.15) is 15.9 Å². The third-order valence-corrected chi connectivity index (χ3v) is 3.39. The maximum Gasteiger partial charge on any atom is 0.251 e. The Morgan fingerprint density at radius 2 is 1.89 bits per heavy atom. The molecular formula is C13H9Cl3N2O. The van der Waals surface area contributed by atoms with E-state index in [9.17, 15) is 4.79 Å². The molecule has 3 nitrogen and oxygen atoms in total. The highest BCUT2D eigenvalue weighted by molar-refractivity contribution is 6.42. The van der Waals surface area contributed by atoms with Gasteiger partial charge in [0, 0.05) is 18.3 Å². The lowest BCUT2D eigenvalue weighted by molar-refractivity contribution is 0.0951. The molecule has 0 aliphatic rings. The van der Waals surface area contributed by atoms with Crippen molar-refractivity contribution in [3.8, 4) is 0 Å². The fraction of sp³-hybridized carbons (Fsp3) is 0.0769. The van der Waals surface area contributed by atoms with Crippen molar-refractivity contribution in [2.75, 3.05) is 0 Å². The van der Waals surface area contributed by atoms with Crippen molar-refractivity contribution in [1.82, 2.24) is 10.3 Å². The molecular weight excluding hydrogens is 307 g/mol. The molecule has 1 aromatic heterocycles. The number of hydrogen-bond acceptors (Lipinski definition) is 2. The fourth-order valence-corrected chi connectivity index (χ4v) is 1.84. The van der Waals surface area contributed by atoms with Crippen molar-refractivity contribution in [1.29, 1.82) is 0 Å². The average Bonchev–Trinajstić information content (AvgIpc) is 2.41. The van der Waals surface area contributed by atoms with Gasteiger partial charge in [0.25, 0.3) is 5.91 Å². The van der Waals surface area contributed by atoms with Crippen molar-refractivity contribution in [3.05, 3.63) is 62.9 Å². The van der Waals surface area contributed by atoms with Crippen molar-refractivity contribution < 1.29 is 4.79 Å². The number of hydrogen-bond donors (Lipinski definition) is 1. The summed E-state index contributed by atoms with van der Waals surface area (Å²) in [6.45, 7) is 0.364. The van der Waals surface area contributed by atoms with Gasteiger partial charge in [0.2, 0.25) is 0 Å². The van der Waals surface area contributed by atoms with E-state index in [1.165, 1.54) is 6.07 Å². The first-order valence-electron chi connectivity index (χ1n) is 5.40. The summed E-state index contributed by atoms with van der Waals surface area (Å²) in [5.74, 6) is -0.228. The standard InChI is InChI=1S/C13H9Cl3N2O/c14-10-3-2-9(5-11(10)15)13(19)18-7-8-1-4-12(16)17-6-8/h1-6H,7H2,(H,18,19). The minimum absolute atomic E-state index is 0.228. The smallest absolute Gasteiger partial charge is 0.251 e. The molecule has 0 saturated heterocycles. The molecule has 1 aromatic carbocycles. The minimum Gasteiger partial charge on any atom is -0.348 e. The molecule has 0 fully saturated rings. The molecule has 0 bridgehead atoms. The third kappa shape index (κ3) is 3.83. The van der Waals surface area contributed by atoms with Crippen LogP contribution in [0.5, 0.6) is 0 Å². The Morgan fingerprint density at radius 3 is 2.53 bits per heavy atom. The molecule has 0 unspecified atom stereocenters. The monoisotopic (exact) mass is 314 g/mol. The first-order valence-corrected chi connectivity index (χ1v) is 6.53. The van der Waals surface area contributed by atoms with E-state index in [0.29, 0.717) is 27.3 Å². The summed E-state index contributed by atoms with van der Waals surface area (Å²) in [6, 6.07) is 8.19. The predicted molar refractivity (Wildman–Crippen MR) is 76.9 cm³/mol. The Hall–Kier alpha value is -1.29. The molecule has 0 aliphatic heterocycles. The SMILES string of the molecule is O=C(NCc1ccc(Cl)nc1)c1ccc(Cl)c(Cl)c1. The van der Waals surface area contributed by atoms with E-state index in [4.69, 9.17) is 34.8 Å². The molecule has 1 heterocycles. The van der Waals surface area contributed by atoms with Crippen LogP contribution in [0.3, 0.4) is 0 Å². The quantitative estimate of drug-likeness (QED) is 0.871. The van der Waals surface area contributed by atoms with Crippen molar-refractivity contribution in [3.63, 3.8) is 0 Å². The summed E-state index contributed by atoms with van der Waals surface area (Å²) in [6.07, 6.45) is 1.61. The lowest BCUT2D eigenvalue weighted by Gasteiger charge is -2.06. The number of nitrogens with zero attached hydrogens (tertiary/aromatic N) is 1. The van der Waals surface area contributed by atoms with Crippen LogP contribution < -0.4 is 5.32 Å². The number of halogens is 3. The van der Waals surface area contributed by atoms with Crippen LogP contribution in [-0.4, -0.2) is 10.9 Å². The molecule has 6 heteroatoms. The van der Waals surface area contributed by atoms with Crippen LogP contribution in [0.4, 0.5) is 0 Å². The van der Waals surface area contributed by atoms with Crippen LogP contribution in [0.15, 0.2) is 36.5 Å². The largest absolute Gasteiger partial charge is 0.348 e. The normalized spacial score (nSPS) is 10.3. The summed E-state index contributed by atoms with van der Waals surface area (Å²) in [5.41, 5.74) is 1.31. The van der Waals surface area contributed by atoms with Crippen LogP contribution in [-0.2, 0) is 6.54 Å². The number of aromatic nitrogens is 1. The summed E-state index contributed by atoms with van der Waals surface area (Å²) >= 11 is 17.3. The second kappa shape index (κ2) is 6.24. The number of benzene rings is 1. The zero-order valence-corrected chi connectivity index (χ0v) is 11.9. The van der Waals surface area contributed by atoms with Crippen molar-refractivity contribution in [2.45, 2.75) is 6.54 Å². The summed E-state index contributed by atoms with van der Waals surface area (Å²) < 4.78 is 0. The third-order valence-electron chi connectivity index (χ3n) is 2.42. The van der Waals surface area contributed by atoms with Crippen LogP contribution in [0.25, 0.3) is 0 Å². The van der Waals surface area contributed by atoms with Gasteiger partial charge in [0.05, 0.1) is 10.0 Å². The van der Waals surface area contributed by atoms with Gasteiger partial charge in [0.15, 0.2) is 0 Å². The van der Waals surface area contributed by atoms with Crippen LogP contribution in [0.2, 0.25) is 15.2 Å². The molecule has 1 N–H and O–H groups in total. The van der Waals surface area contributed by atoms with Gasteiger partial charge in [-0.2, -0.15) is 0 Å². The van der Waals surface area contributed by atoms with E-state index in [0.717, 1.165) is 5.56 Å². The molecule has 0 spiro atoms. The lowest BCUT2D eigenvalue weighted by atomic mass is 10.2. The van der Waals surface area contributed by atoms with Crippen molar-refractivity contribution in [2.24, 2.45) is 0 Å². The zero-order valence-electron chi connectivity index (χ0n) is 9.66. The number of carbonyl (C=O) groups excluding carboxylic acids is 1. The van der Waals surface area contributed by atoms with E-state index in [2.05, 4.69) is 10.3 Å². The van der Waals surface area contributed by atoms with Gasteiger partial charge < -0.3 is 5.32 Å². The Morgan fingerprint density at radius 1 is 1.11 bits per heavy atom. The Balaban J connectivity index is 2.01. The maximum absolute atomic E-state index is 11.9. The van der Waals surface area contributed by atoms with Gasteiger partial charge in [-0.3, -0.25) is 4.79 Å². The second-order valence-corrected chi connectivity index (χ2v) is 5.00. The van der Waals surface area contributed by atoms with E-state index in [1.807, 2.05) is 0 Å². The van der Waals surface area contributed by atoms with E-state index < -0.39 is 0 Å². The maximum atomic E-state index is 11.9. The van der Waals surface area contributed by atoms with Gasteiger partial charge in [0.1, 0.15) is 5.15 Å². The number of pyridine rings is 1. The number of nitrogens with one attached hydrogen (secondary N) is 1. The highest BCUT2D eigenvalue weighted by atomic mass is 35.5. The molecule has 1 amide bonds. The molecule has 0 radical (unpaired) electrons. The fourth-order valence-electron chi connectivity index (χ4n) is 1.43. The van der Waals surface area contributed by atoms with Crippen LogP contribution >= 0.6 is 34.8 Å². The number of rotatable bonds is 3. The van der Waals surface area contributed by atoms with E-state index in [1.54, 1.807) is 30.5 Å². The first-order chi connectivity index (χ1) is 9.06. The van der Waals surface area contributed by atoms with Crippen LogP contribution in [0, 0.1) is 0 Å². The molecule has 0 aliphatic carbocycles. The topological polar surface area (TPSA) is 42.0 Å². The van der Waals surface area contributed by atoms with Crippen molar-refractivity contribution >= 4 is 40.7 Å². The van der Waals surface area contributed by atoms with E-state index in [-0.39, 0.29) is 5.91 Å². The molecule has 0 atom stereocenters. The molecule has 0 saturated carbocycles. The summed E-state index contributed by atoms with van der Waals surface area (Å²) in [5, 5.41) is 3.94. The molecule has 2 aromatic rings. The first kappa shape index (κ1) is 14.1. The van der Waals surface area contributed by atoms with Gasteiger partial charge in [-0.1, -0.05) is 40.9 Å². The Kier molecular flexibility index (Phi) is 4.64. The second-order valence-electron chi connectivity index (χ2n) is 3.80. The average molecular weight is 316 g/mol. The molecule has 2 rings (SSSR count). The Bertz CT molecular complexity index is 599. The number of carbonyl (C=O) groups is 1. The molecule has 98 valence electrons. The summed E-state index contributed by atoms with van der Waals surface area (Å²) in [4.78, 5) is 15.8. The lowest BCUT2D eigenvalue weighted by Crippen LogP contribution is -2.22. The predicted octanol–water partition coefficient (Wildman–Crippen LogP) is 3.97. The van der Waals surface area contributed by atoms with Gasteiger partial charge in [-0.05, 0) is 29.8 Å². The highest BCUT2D eigenvalue weighted by Gasteiger charge is 2.07. The summed E-state index contributed by atoms with van der Waals surface area (Å²) in [7, 11) is 0. The van der Waals surface area contributed by atoms with Gasteiger partial charge in [-0.25, -0.2) is 4.98 Å². The van der Waals surface area contributed by atoms with Gasteiger partial charge >= 0.3 is 0 Å². The Labute approximate surface area is 125 Å².